The van der Waals surface area contributed by atoms with E-state index in [9.17, 15) is 18.0 Å². The fourth-order valence-corrected chi connectivity index (χ4v) is 1.68. The van der Waals surface area contributed by atoms with Crippen LogP contribution in [0, 0.1) is 0 Å². The van der Waals surface area contributed by atoms with Crippen LogP contribution in [0.15, 0.2) is 18.2 Å². The van der Waals surface area contributed by atoms with Crippen molar-refractivity contribution in [3.63, 3.8) is 0 Å². The number of hydrogen-bond donors (Lipinski definition) is 2. The van der Waals surface area contributed by atoms with Crippen LogP contribution in [0.4, 0.5) is 13.2 Å². The lowest BCUT2D eigenvalue weighted by molar-refractivity contribution is -0.138. The molecule has 3 nitrogen and oxygen atoms in total. The first-order chi connectivity index (χ1) is 8.38. The van der Waals surface area contributed by atoms with Gasteiger partial charge in [0.15, 0.2) is 0 Å². The second kappa shape index (κ2) is 4.61. The molecular formula is C12H12F3NO2. The first kappa shape index (κ1) is 12.9. The Hall–Kier alpha value is -1.56. The Morgan fingerprint density at radius 2 is 2.06 bits per heavy atom. The molecule has 0 heterocycles. The molecule has 98 valence electrons. The van der Waals surface area contributed by atoms with Gasteiger partial charge in [0.25, 0.3) is 0 Å². The van der Waals surface area contributed by atoms with Gasteiger partial charge < -0.3 is 10.4 Å². The zero-order valence-corrected chi connectivity index (χ0v) is 9.42. The second-order valence-electron chi connectivity index (χ2n) is 4.34. The quantitative estimate of drug-likeness (QED) is 0.874. The summed E-state index contributed by atoms with van der Waals surface area (Å²) in [5.41, 5.74) is -1.25. The van der Waals surface area contributed by atoms with E-state index in [-0.39, 0.29) is 0 Å². The lowest BCUT2D eigenvalue weighted by Crippen LogP contribution is -2.17. The summed E-state index contributed by atoms with van der Waals surface area (Å²) in [6.07, 6.45) is -2.52. The highest BCUT2D eigenvalue weighted by molar-refractivity contribution is 5.89. The Labute approximate surface area is 102 Å². The number of aromatic carboxylic acids is 1. The van der Waals surface area contributed by atoms with E-state index in [1.165, 1.54) is 6.07 Å². The fraction of sp³-hybridized carbons (Fsp3) is 0.417. The van der Waals surface area contributed by atoms with Crippen LogP contribution >= 0.6 is 0 Å². The van der Waals surface area contributed by atoms with E-state index in [0.717, 1.165) is 25.0 Å². The molecule has 1 fully saturated rings. The molecule has 0 unspecified atom stereocenters. The second-order valence-corrected chi connectivity index (χ2v) is 4.34. The number of hydrogen-bond acceptors (Lipinski definition) is 2. The standard InChI is InChI=1S/C12H12F3NO2/c13-12(14,15)10-4-1-7(5-9(10)11(17)18)6-16-8-2-3-8/h1,4-5,8,16H,2-3,6H2,(H,17,18). The molecule has 6 heteroatoms. The van der Waals surface area contributed by atoms with Crippen molar-refractivity contribution in [2.45, 2.75) is 31.6 Å². The lowest BCUT2D eigenvalue weighted by atomic mass is 10.0. The summed E-state index contributed by atoms with van der Waals surface area (Å²) in [6, 6.07) is 3.64. The molecule has 0 aromatic heterocycles. The summed E-state index contributed by atoms with van der Waals surface area (Å²) in [5, 5.41) is 11.9. The van der Waals surface area contributed by atoms with Crippen LogP contribution < -0.4 is 5.32 Å². The van der Waals surface area contributed by atoms with Gasteiger partial charge in [-0.2, -0.15) is 13.2 Å². The number of nitrogens with one attached hydrogen (secondary N) is 1. The Balaban J connectivity index is 2.24. The van der Waals surface area contributed by atoms with E-state index < -0.39 is 23.3 Å². The maximum absolute atomic E-state index is 12.6. The zero-order chi connectivity index (χ0) is 13.3. The Morgan fingerprint density at radius 3 is 2.56 bits per heavy atom. The van der Waals surface area contributed by atoms with Crippen LogP contribution in [0.2, 0.25) is 0 Å². The maximum Gasteiger partial charge on any atom is 0.417 e. The Bertz CT molecular complexity index is 467. The predicted octanol–water partition coefficient (Wildman–Crippen LogP) is 2.66. The first-order valence-electron chi connectivity index (χ1n) is 5.54. The van der Waals surface area contributed by atoms with Crippen LogP contribution in [0.25, 0.3) is 0 Å². The summed E-state index contributed by atoms with van der Waals surface area (Å²) in [4.78, 5) is 10.9. The molecule has 0 radical (unpaired) electrons. The molecule has 0 aliphatic heterocycles. The number of benzene rings is 1. The van der Waals surface area contributed by atoms with Gasteiger partial charge in [0, 0.05) is 12.6 Å². The minimum Gasteiger partial charge on any atom is -0.478 e. The molecule has 0 saturated heterocycles. The third kappa shape index (κ3) is 3.01. The predicted molar refractivity (Wildman–Crippen MR) is 58.3 cm³/mol. The van der Waals surface area contributed by atoms with Crippen molar-refractivity contribution >= 4 is 5.97 Å². The van der Waals surface area contributed by atoms with Crippen molar-refractivity contribution < 1.29 is 23.1 Å². The maximum atomic E-state index is 12.6. The van der Waals surface area contributed by atoms with E-state index in [2.05, 4.69) is 5.32 Å². The van der Waals surface area contributed by atoms with E-state index >= 15 is 0 Å². The van der Waals surface area contributed by atoms with Crippen LogP contribution in [0.3, 0.4) is 0 Å². The van der Waals surface area contributed by atoms with Crippen molar-refractivity contribution in [3.8, 4) is 0 Å². The first-order valence-corrected chi connectivity index (χ1v) is 5.54. The monoisotopic (exact) mass is 259 g/mol. The van der Waals surface area contributed by atoms with Gasteiger partial charge in [-0.25, -0.2) is 4.79 Å². The molecule has 2 rings (SSSR count). The van der Waals surface area contributed by atoms with E-state index in [1.807, 2.05) is 0 Å². The summed E-state index contributed by atoms with van der Waals surface area (Å²) in [5.74, 6) is -1.56. The average Bonchev–Trinajstić information content (AvgIpc) is 3.08. The van der Waals surface area contributed by atoms with Crippen molar-refractivity contribution in [2.24, 2.45) is 0 Å². The number of carboxylic acid groups (broad SMARTS) is 1. The van der Waals surface area contributed by atoms with Gasteiger partial charge in [0.2, 0.25) is 0 Å². The molecule has 1 aromatic rings. The van der Waals surface area contributed by atoms with Gasteiger partial charge in [-0.3, -0.25) is 0 Å². The minimum atomic E-state index is -4.64. The number of carbonyl (C=O) groups is 1. The van der Waals surface area contributed by atoms with E-state index in [0.29, 0.717) is 18.2 Å². The molecule has 0 spiro atoms. The third-order valence-electron chi connectivity index (χ3n) is 2.79. The molecular weight excluding hydrogens is 247 g/mol. The largest absolute Gasteiger partial charge is 0.478 e. The molecule has 1 saturated carbocycles. The Kier molecular flexibility index (Phi) is 3.30. The summed E-state index contributed by atoms with van der Waals surface area (Å²) in [7, 11) is 0. The molecule has 1 aliphatic carbocycles. The van der Waals surface area contributed by atoms with Crippen molar-refractivity contribution in [1.29, 1.82) is 0 Å². The van der Waals surface area contributed by atoms with Gasteiger partial charge in [0.1, 0.15) is 0 Å². The van der Waals surface area contributed by atoms with Gasteiger partial charge in [-0.05, 0) is 30.5 Å². The fourth-order valence-electron chi connectivity index (χ4n) is 1.68. The number of rotatable bonds is 4. The van der Waals surface area contributed by atoms with Gasteiger partial charge in [0.05, 0.1) is 11.1 Å². The molecule has 0 atom stereocenters. The van der Waals surface area contributed by atoms with Crippen molar-refractivity contribution in [2.75, 3.05) is 0 Å². The topological polar surface area (TPSA) is 49.3 Å². The van der Waals surface area contributed by atoms with E-state index in [4.69, 9.17) is 5.11 Å². The normalized spacial score (nSPS) is 15.7. The SMILES string of the molecule is O=C(O)c1cc(CNC2CC2)ccc1C(F)(F)F. The highest BCUT2D eigenvalue weighted by Crippen LogP contribution is 2.32. The number of carboxylic acids is 1. The Morgan fingerprint density at radius 1 is 1.39 bits per heavy atom. The molecule has 18 heavy (non-hydrogen) atoms. The lowest BCUT2D eigenvalue weighted by Gasteiger charge is -2.12. The van der Waals surface area contributed by atoms with Crippen LogP contribution in [0.5, 0.6) is 0 Å². The van der Waals surface area contributed by atoms with Crippen LogP contribution in [0.1, 0.15) is 34.3 Å². The summed E-state index contributed by atoms with van der Waals surface area (Å²) < 4.78 is 37.8. The van der Waals surface area contributed by atoms with Crippen molar-refractivity contribution in [3.05, 3.63) is 34.9 Å². The highest BCUT2D eigenvalue weighted by atomic mass is 19.4. The number of alkyl halides is 3. The zero-order valence-electron chi connectivity index (χ0n) is 9.42. The third-order valence-corrected chi connectivity index (χ3v) is 2.79. The molecule has 2 N–H and O–H groups in total. The molecule has 0 amide bonds. The summed E-state index contributed by atoms with van der Waals surface area (Å²) >= 11 is 0. The minimum absolute atomic E-state index is 0.392. The van der Waals surface area contributed by atoms with E-state index in [1.54, 1.807) is 0 Å². The van der Waals surface area contributed by atoms with Crippen molar-refractivity contribution in [1.82, 2.24) is 5.32 Å². The van der Waals surface area contributed by atoms with Crippen LogP contribution in [-0.4, -0.2) is 17.1 Å². The number of halogens is 3. The van der Waals surface area contributed by atoms with Gasteiger partial charge in [-0.15, -0.1) is 0 Å². The summed E-state index contributed by atoms with van der Waals surface area (Å²) in [6.45, 7) is 0.392. The average molecular weight is 259 g/mol. The molecule has 0 bridgehead atoms. The molecule has 1 aromatic carbocycles. The van der Waals surface area contributed by atoms with Gasteiger partial charge in [-0.1, -0.05) is 6.07 Å². The van der Waals surface area contributed by atoms with Crippen LogP contribution in [-0.2, 0) is 12.7 Å². The molecule has 1 aliphatic rings. The van der Waals surface area contributed by atoms with Gasteiger partial charge >= 0.3 is 12.1 Å². The smallest absolute Gasteiger partial charge is 0.417 e. The highest BCUT2D eigenvalue weighted by Gasteiger charge is 2.35.